The third-order valence-electron chi connectivity index (χ3n) is 3.91. The molecule has 0 radical (unpaired) electrons. The lowest BCUT2D eigenvalue weighted by Crippen LogP contribution is -2.41. The minimum absolute atomic E-state index is 0.0360. The monoisotopic (exact) mass is 317 g/mol. The summed E-state index contributed by atoms with van der Waals surface area (Å²) in [6.45, 7) is 4.59. The van der Waals surface area contributed by atoms with Crippen LogP contribution < -0.4 is 5.32 Å². The van der Waals surface area contributed by atoms with Crippen molar-refractivity contribution in [3.63, 3.8) is 0 Å². The van der Waals surface area contributed by atoms with Gasteiger partial charge in [0.1, 0.15) is 13.1 Å². The maximum Gasteiger partial charge on any atom is 0.327 e. The highest BCUT2D eigenvalue weighted by Gasteiger charge is 2.34. The normalized spacial score (nSPS) is 14.8. The summed E-state index contributed by atoms with van der Waals surface area (Å²) in [5.41, 5.74) is 2.43. The lowest BCUT2D eigenvalue weighted by atomic mass is 10.0. The van der Waals surface area contributed by atoms with Gasteiger partial charge in [-0.3, -0.25) is 14.5 Å². The van der Waals surface area contributed by atoms with Gasteiger partial charge in [0.2, 0.25) is 5.91 Å². The highest BCUT2D eigenvalue weighted by atomic mass is 16.2. The molecule has 1 aromatic carbocycles. The van der Waals surface area contributed by atoms with Crippen LogP contribution in [0.2, 0.25) is 0 Å². The molecule has 1 aliphatic heterocycles. The lowest BCUT2D eigenvalue weighted by Gasteiger charge is -2.14. The van der Waals surface area contributed by atoms with E-state index in [1.807, 2.05) is 0 Å². The predicted octanol–water partition coefficient (Wildman–Crippen LogP) is 1.36. The molecule has 0 spiro atoms. The Balaban J connectivity index is 1.76. The van der Waals surface area contributed by atoms with E-state index in [9.17, 15) is 14.4 Å². The molecule has 23 heavy (non-hydrogen) atoms. The Hall–Kier alpha value is -2.37. The molecule has 0 atom stereocenters. The number of carbonyl (C=O) groups excluding carboxylic acids is 3. The molecule has 124 valence electrons. The second-order valence-corrected chi connectivity index (χ2v) is 6.11. The molecule has 0 aromatic heterocycles. The smallest absolute Gasteiger partial charge is 0.327 e. The maximum absolute atomic E-state index is 11.9. The average Bonchev–Trinajstić information content (AvgIpc) is 2.74. The van der Waals surface area contributed by atoms with Crippen molar-refractivity contribution in [3.8, 4) is 0 Å². The summed E-state index contributed by atoms with van der Waals surface area (Å²) in [4.78, 5) is 37.4. The zero-order valence-electron chi connectivity index (χ0n) is 13.8. The summed E-state index contributed by atoms with van der Waals surface area (Å²) in [6, 6.07) is 7.89. The highest BCUT2D eigenvalue weighted by molar-refractivity contribution is 6.04. The van der Waals surface area contributed by atoms with Crippen LogP contribution in [-0.2, 0) is 16.0 Å². The van der Waals surface area contributed by atoms with Gasteiger partial charge in [0.25, 0.3) is 5.91 Å². The average molecular weight is 317 g/mol. The first kappa shape index (κ1) is 17.0. The number of imide groups is 1. The summed E-state index contributed by atoms with van der Waals surface area (Å²) in [7, 11) is 1.54. The summed E-state index contributed by atoms with van der Waals surface area (Å²) in [5.74, 6) is -0.157. The molecule has 1 fully saturated rings. The van der Waals surface area contributed by atoms with Crippen molar-refractivity contribution in [1.82, 2.24) is 15.1 Å². The van der Waals surface area contributed by atoms with E-state index in [4.69, 9.17) is 0 Å². The van der Waals surface area contributed by atoms with Crippen molar-refractivity contribution in [2.24, 2.45) is 0 Å². The molecule has 6 nitrogen and oxygen atoms in total. The Kier molecular flexibility index (Phi) is 5.36. The van der Waals surface area contributed by atoms with Gasteiger partial charge in [-0.05, 0) is 23.5 Å². The predicted molar refractivity (Wildman–Crippen MR) is 87.0 cm³/mol. The Morgan fingerprint density at radius 1 is 1.22 bits per heavy atom. The lowest BCUT2D eigenvalue weighted by molar-refractivity contribution is -0.130. The number of rotatable bonds is 6. The molecular formula is C17H23N3O3. The molecular weight excluding hydrogens is 294 g/mol. The van der Waals surface area contributed by atoms with E-state index in [1.165, 1.54) is 10.5 Å². The van der Waals surface area contributed by atoms with E-state index < -0.39 is 6.03 Å². The first-order valence-corrected chi connectivity index (χ1v) is 7.79. The van der Waals surface area contributed by atoms with Crippen LogP contribution in [0.15, 0.2) is 24.3 Å². The molecule has 1 aliphatic rings. The van der Waals surface area contributed by atoms with E-state index in [0.717, 1.165) is 10.5 Å². The van der Waals surface area contributed by atoms with E-state index in [2.05, 4.69) is 43.4 Å². The highest BCUT2D eigenvalue weighted by Crippen LogP contribution is 2.14. The van der Waals surface area contributed by atoms with Gasteiger partial charge in [0.15, 0.2) is 0 Å². The molecule has 2 rings (SSSR count). The zero-order chi connectivity index (χ0) is 17.0. The molecule has 0 aliphatic carbocycles. The summed E-state index contributed by atoms with van der Waals surface area (Å²) in [6.07, 6.45) is 0.714. The zero-order valence-corrected chi connectivity index (χ0v) is 13.8. The number of nitrogens with one attached hydrogen (secondary N) is 1. The van der Waals surface area contributed by atoms with Gasteiger partial charge in [-0.1, -0.05) is 38.1 Å². The maximum atomic E-state index is 11.9. The van der Waals surface area contributed by atoms with Gasteiger partial charge in [-0.15, -0.1) is 0 Å². The van der Waals surface area contributed by atoms with Gasteiger partial charge >= 0.3 is 6.03 Å². The Morgan fingerprint density at radius 2 is 1.87 bits per heavy atom. The van der Waals surface area contributed by atoms with E-state index >= 15 is 0 Å². The first-order valence-electron chi connectivity index (χ1n) is 7.79. The van der Waals surface area contributed by atoms with Gasteiger partial charge in [-0.25, -0.2) is 4.79 Å². The number of urea groups is 1. The van der Waals surface area contributed by atoms with Crippen LogP contribution in [0.3, 0.4) is 0 Å². The number of nitrogens with zero attached hydrogens (tertiary/aromatic N) is 2. The van der Waals surface area contributed by atoms with Crippen LogP contribution in [0.25, 0.3) is 0 Å². The number of benzene rings is 1. The first-order chi connectivity index (χ1) is 10.9. The molecule has 1 heterocycles. The fourth-order valence-electron chi connectivity index (χ4n) is 2.44. The number of hydrogen-bond donors (Lipinski definition) is 1. The van der Waals surface area contributed by atoms with E-state index in [-0.39, 0.29) is 24.9 Å². The van der Waals surface area contributed by atoms with Crippen molar-refractivity contribution in [1.29, 1.82) is 0 Å². The summed E-state index contributed by atoms with van der Waals surface area (Å²) >= 11 is 0. The fourth-order valence-corrected chi connectivity index (χ4v) is 2.44. The van der Waals surface area contributed by atoms with Crippen molar-refractivity contribution < 1.29 is 14.4 Å². The Morgan fingerprint density at radius 3 is 2.39 bits per heavy atom. The number of likely N-dealkylation sites (N-methyl/N-ethyl adjacent to an activating group) is 1. The Labute approximate surface area is 136 Å². The number of carbonyl (C=O) groups is 3. The van der Waals surface area contributed by atoms with Crippen LogP contribution in [0, 0.1) is 0 Å². The topological polar surface area (TPSA) is 69.7 Å². The molecule has 0 saturated carbocycles. The Bertz CT molecular complexity index is 596. The van der Waals surface area contributed by atoms with Crippen molar-refractivity contribution in [2.45, 2.75) is 26.2 Å². The van der Waals surface area contributed by atoms with Crippen LogP contribution >= 0.6 is 0 Å². The third kappa shape index (κ3) is 4.31. The largest absolute Gasteiger partial charge is 0.354 e. The molecule has 0 unspecified atom stereocenters. The van der Waals surface area contributed by atoms with Crippen LogP contribution in [0.4, 0.5) is 4.79 Å². The molecule has 1 saturated heterocycles. The molecule has 1 N–H and O–H groups in total. The van der Waals surface area contributed by atoms with Crippen LogP contribution in [-0.4, -0.2) is 54.3 Å². The molecule has 1 aromatic rings. The number of amides is 4. The second-order valence-electron chi connectivity index (χ2n) is 6.11. The molecule has 6 heteroatoms. The molecule has 0 bridgehead atoms. The van der Waals surface area contributed by atoms with Crippen LogP contribution in [0.5, 0.6) is 0 Å². The van der Waals surface area contributed by atoms with E-state index in [0.29, 0.717) is 18.9 Å². The van der Waals surface area contributed by atoms with Crippen molar-refractivity contribution in [2.75, 3.05) is 26.7 Å². The van der Waals surface area contributed by atoms with Crippen molar-refractivity contribution >= 4 is 17.8 Å². The van der Waals surface area contributed by atoms with Gasteiger partial charge < -0.3 is 10.2 Å². The SMILES string of the molecule is CC(C)c1ccc(CCNC(=O)CN2C(=O)CN(C)C2=O)cc1. The minimum Gasteiger partial charge on any atom is -0.354 e. The van der Waals surface area contributed by atoms with Crippen molar-refractivity contribution in [3.05, 3.63) is 35.4 Å². The summed E-state index contributed by atoms with van der Waals surface area (Å²) in [5, 5.41) is 2.75. The third-order valence-corrected chi connectivity index (χ3v) is 3.91. The standard InChI is InChI=1S/C17H23N3O3/c1-12(2)14-6-4-13(5-7-14)8-9-18-15(21)10-20-16(22)11-19(3)17(20)23/h4-7,12H,8-11H2,1-3H3,(H,18,21). The summed E-state index contributed by atoms with van der Waals surface area (Å²) < 4.78 is 0. The number of hydrogen-bond acceptors (Lipinski definition) is 3. The quantitative estimate of drug-likeness (QED) is 0.806. The van der Waals surface area contributed by atoms with Gasteiger partial charge in [0.05, 0.1) is 0 Å². The molecule has 4 amide bonds. The second kappa shape index (κ2) is 7.26. The van der Waals surface area contributed by atoms with E-state index in [1.54, 1.807) is 7.05 Å². The van der Waals surface area contributed by atoms with Crippen LogP contribution in [0.1, 0.15) is 30.9 Å². The minimum atomic E-state index is -0.422. The van der Waals surface area contributed by atoms with Gasteiger partial charge in [-0.2, -0.15) is 0 Å². The fraction of sp³-hybridized carbons (Fsp3) is 0.471. The van der Waals surface area contributed by atoms with Gasteiger partial charge in [0, 0.05) is 13.6 Å².